The molecule has 2 bridgehead atoms. The van der Waals surface area contributed by atoms with E-state index >= 15 is 0 Å². The largest absolute Gasteiger partial charge is 0.290 e. The van der Waals surface area contributed by atoms with E-state index in [9.17, 15) is 8.42 Å². The first-order chi connectivity index (χ1) is 7.61. The molecule has 0 saturated heterocycles. The Morgan fingerprint density at radius 1 is 1.44 bits per heavy atom. The first-order valence-electron chi connectivity index (χ1n) is 6.20. The Hall–Kier alpha value is -0.350. The molecule has 2 rings (SSSR count). The van der Waals surface area contributed by atoms with E-state index in [4.69, 9.17) is 4.18 Å². The summed E-state index contributed by atoms with van der Waals surface area (Å²) in [6, 6.07) is 0. The second-order valence-electron chi connectivity index (χ2n) is 4.94. The third kappa shape index (κ3) is 2.86. The van der Waals surface area contributed by atoms with Gasteiger partial charge in [-0.25, -0.2) is 0 Å². The summed E-state index contributed by atoms with van der Waals surface area (Å²) in [6.07, 6.45) is 6.36. The van der Waals surface area contributed by atoms with Gasteiger partial charge in [-0.1, -0.05) is 18.9 Å². The van der Waals surface area contributed by atoms with Crippen LogP contribution in [0.15, 0.2) is 11.0 Å². The molecule has 0 radical (unpaired) electrons. The van der Waals surface area contributed by atoms with Crippen molar-refractivity contribution in [3.8, 4) is 0 Å². The molecule has 0 aromatic carbocycles. The molecule has 16 heavy (non-hydrogen) atoms. The van der Waals surface area contributed by atoms with E-state index < -0.39 is 10.1 Å². The fourth-order valence-corrected chi connectivity index (χ4v) is 3.86. The van der Waals surface area contributed by atoms with E-state index in [0.717, 1.165) is 30.8 Å². The van der Waals surface area contributed by atoms with Gasteiger partial charge in [0.1, 0.15) is 0 Å². The molecule has 3 nitrogen and oxygen atoms in total. The van der Waals surface area contributed by atoms with Crippen molar-refractivity contribution >= 4 is 10.1 Å². The Morgan fingerprint density at radius 3 is 2.81 bits per heavy atom. The van der Waals surface area contributed by atoms with Crippen LogP contribution in [0.3, 0.4) is 0 Å². The summed E-state index contributed by atoms with van der Waals surface area (Å²) in [6.45, 7) is 2.33. The van der Waals surface area contributed by atoms with Gasteiger partial charge in [-0.2, -0.15) is 8.42 Å². The highest BCUT2D eigenvalue weighted by molar-refractivity contribution is 7.89. The third-order valence-electron chi connectivity index (χ3n) is 3.63. The maximum Gasteiger partial charge on any atom is 0.290 e. The average molecular weight is 244 g/mol. The average Bonchev–Trinajstić information content (AvgIpc) is 2.78. The van der Waals surface area contributed by atoms with E-state index in [1.54, 1.807) is 0 Å². The lowest BCUT2D eigenvalue weighted by Crippen LogP contribution is -2.07. The molecule has 2 unspecified atom stereocenters. The van der Waals surface area contributed by atoms with Crippen molar-refractivity contribution in [2.24, 2.45) is 11.8 Å². The molecule has 0 aromatic heterocycles. The lowest BCUT2D eigenvalue weighted by atomic mass is 9.96. The van der Waals surface area contributed by atoms with Crippen LogP contribution in [0.1, 0.15) is 45.4 Å². The molecule has 0 heterocycles. The third-order valence-corrected chi connectivity index (χ3v) is 4.72. The van der Waals surface area contributed by atoms with Crippen LogP contribution in [0, 0.1) is 11.8 Å². The van der Waals surface area contributed by atoms with Crippen molar-refractivity contribution in [3.63, 3.8) is 0 Å². The number of fused-ring (bicyclic) bond motifs is 2. The van der Waals surface area contributed by atoms with Gasteiger partial charge < -0.3 is 0 Å². The van der Waals surface area contributed by atoms with Crippen molar-refractivity contribution in [2.45, 2.75) is 45.4 Å². The Balaban J connectivity index is 1.95. The summed E-state index contributed by atoms with van der Waals surface area (Å²) in [5.74, 6) is 1.26. The van der Waals surface area contributed by atoms with Crippen LogP contribution in [0.4, 0.5) is 0 Å². The van der Waals surface area contributed by atoms with E-state index in [-0.39, 0.29) is 0 Å². The van der Waals surface area contributed by atoms with E-state index in [1.807, 2.05) is 6.92 Å². The van der Waals surface area contributed by atoms with E-state index in [1.165, 1.54) is 24.7 Å². The van der Waals surface area contributed by atoms with Crippen molar-refractivity contribution in [1.82, 2.24) is 0 Å². The van der Waals surface area contributed by atoms with Gasteiger partial charge in [0.15, 0.2) is 0 Å². The second kappa shape index (κ2) is 4.88. The minimum absolute atomic E-state index is 0.316. The molecular formula is C12H20O3S. The van der Waals surface area contributed by atoms with Gasteiger partial charge in [0.2, 0.25) is 0 Å². The fraction of sp³-hybridized carbons (Fsp3) is 0.833. The lowest BCUT2D eigenvalue weighted by molar-refractivity contribution is 0.316. The van der Waals surface area contributed by atoms with Gasteiger partial charge in [-0.05, 0) is 43.9 Å². The van der Waals surface area contributed by atoms with Crippen LogP contribution in [-0.2, 0) is 14.3 Å². The Kier molecular flexibility index (Phi) is 3.70. The first kappa shape index (κ1) is 12.1. The topological polar surface area (TPSA) is 43.4 Å². The summed E-state index contributed by atoms with van der Waals surface area (Å²) in [4.78, 5) is 0. The molecule has 0 spiro atoms. The molecule has 0 amide bonds. The van der Waals surface area contributed by atoms with Gasteiger partial charge in [0, 0.05) is 0 Å². The SMILES string of the molecule is CCCCOS(=O)(=O)C=C1CC2CCC1C2. The summed E-state index contributed by atoms with van der Waals surface area (Å²) in [5.41, 5.74) is 1.10. The summed E-state index contributed by atoms with van der Waals surface area (Å²) in [5, 5.41) is 1.40. The normalized spacial score (nSPS) is 31.4. The van der Waals surface area contributed by atoms with E-state index in [0.29, 0.717) is 12.5 Å². The zero-order valence-electron chi connectivity index (χ0n) is 9.81. The summed E-state index contributed by atoms with van der Waals surface area (Å²) >= 11 is 0. The Labute approximate surface area is 98.0 Å². The lowest BCUT2D eigenvalue weighted by Gasteiger charge is -2.12. The molecule has 2 saturated carbocycles. The van der Waals surface area contributed by atoms with Crippen molar-refractivity contribution in [1.29, 1.82) is 0 Å². The predicted molar refractivity (Wildman–Crippen MR) is 63.3 cm³/mol. The molecule has 2 aliphatic carbocycles. The Morgan fingerprint density at radius 2 is 2.25 bits per heavy atom. The maximum atomic E-state index is 11.6. The second-order valence-corrected chi connectivity index (χ2v) is 6.40. The van der Waals surface area contributed by atoms with Gasteiger partial charge in [-0.15, -0.1) is 0 Å². The number of allylic oxidation sites excluding steroid dienone is 1. The minimum atomic E-state index is -3.42. The van der Waals surface area contributed by atoms with E-state index in [2.05, 4.69) is 0 Å². The highest BCUT2D eigenvalue weighted by Crippen LogP contribution is 2.48. The van der Waals surface area contributed by atoms with Crippen LogP contribution in [0.2, 0.25) is 0 Å². The number of hydrogen-bond donors (Lipinski definition) is 0. The van der Waals surface area contributed by atoms with Crippen molar-refractivity contribution < 1.29 is 12.6 Å². The summed E-state index contributed by atoms with van der Waals surface area (Å²) < 4.78 is 28.2. The minimum Gasteiger partial charge on any atom is -0.267 e. The summed E-state index contributed by atoms with van der Waals surface area (Å²) in [7, 11) is -3.42. The molecule has 0 aromatic rings. The van der Waals surface area contributed by atoms with Gasteiger partial charge in [0.05, 0.1) is 12.0 Å². The highest BCUT2D eigenvalue weighted by atomic mass is 32.2. The van der Waals surface area contributed by atoms with Crippen LogP contribution < -0.4 is 0 Å². The van der Waals surface area contributed by atoms with Crippen LogP contribution >= 0.6 is 0 Å². The quantitative estimate of drug-likeness (QED) is 0.551. The zero-order valence-corrected chi connectivity index (χ0v) is 10.6. The van der Waals surface area contributed by atoms with Gasteiger partial charge in [-0.3, -0.25) is 4.18 Å². The van der Waals surface area contributed by atoms with Crippen molar-refractivity contribution in [2.75, 3.05) is 6.61 Å². The van der Waals surface area contributed by atoms with Gasteiger partial charge in [0.25, 0.3) is 10.1 Å². The van der Waals surface area contributed by atoms with Crippen LogP contribution in [0.25, 0.3) is 0 Å². The smallest absolute Gasteiger partial charge is 0.267 e. The Bertz CT molecular complexity index is 370. The molecule has 0 aliphatic heterocycles. The predicted octanol–water partition coefficient (Wildman–Crippen LogP) is 2.84. The first-order valence-corrected chi connectivity index (χ1v) is 7.68. The number of rotatable bonds is 5. The molecule has 2 aliphatic rings. The molecule has 92 valence electrons. The zero-order chi connectivity index (χ0) is 11.6. The monoisotopic (exact) mass is 244 g/mol. The number of hydrogen-bond acceptors (Lipinski definition) is 3. The van der Waals surface area contributed by atoms with Crippen molar-refractivity contribution in [3.05, 3.63) is 11.0 Å². The number of unbranched alkanes of at least 4 members (excludes halogenated alkanes) is 1. The molecule has 2 atom stereocenters. The van der Waals surface area contributed by atoms with Crippen LogP contribution in [-0.4, -0.2) is 15.0 Å². The highest BCUT2D eigenvalue weighted by Gasteiger charge is 2.36. The molecule has 2 fully saturated rings. The molecular weight excluding hydrogens is 224 g/mol. The van der Waals surface area contributed by atoms with Crippen LogP contribution in [0.5, 0.6) is 0 Å². The molecule has 4 heteroatoms. The standard InChI is InChI=1S/C12H20O3S/c1-2-3-6-15-16(13,14)9-12-8-10-4-5-11(12)7-10/h9-11H,2-8H2,1H3. The molecule has 0 N–H and O–H groups in total. The fourth-order valence-electron chi connectivity index (χ4n) is 2.78. The van der Waals surface area contributed by atoms with Gasteiger partial charge >= 0.3 is 0 Å². The maximum absolute atomic E-state index is 11.6.